The minimum atomic E-state index is -0.129. The SMILES string of the molecule is Cc1cccc(C(C)NC(=O)NCC2CN3CCCC3CO2)c1C. The van der Waals surface area contributed by atoms with Crippen molar-refractivity contribution in [2.24, 2.45) is 0 Å². The van der Waals surface area contributed by atoms with E-state index in [4.69, 9.17) is 4.74 Å². The lowest BCUT2D eigenvalue weighted by Crippen LogP contribution is -2.51. The van der Waals surface area contributed by atoms with Crippen LogP contribution in [0.15, 0.2) is 18.2 Å². The maximum atomic E-state index is 12.2. The Balaban J connectivity index is 1.46. The summed E-state index contributed by atoms with van der Waals surface area (Å²) < 4.78 is 5.88. The summed E-state index contributed by atoms with van der Waals surface area (Å²) in [5.74, 6) is 0. The van der Waals surface area contributed by atoms with Gasteiger partial charge in [-0.1, -0.05) is 18.2 Å². The summed E-state index contributed by atoms with van der Waals surface area (Å²) >= 11 is 0. The van der Waals surface area contributed by atoms with Gasteiger partial charge in [0.05, 0.1) is 18.8 Å². The number of nitrogens with one attached hydrogen (secondary N) is 2. The quantitative estimate of drug-likeness (QED) is 0.891. The highest BCUT2D eigenvalue weighted by Crippen LogP contribution is 2.22. The van der Waals surface area contributed by atoms with Gasteiger partial charge in [0.15, 0.2) is 0 Å². The Morgan fingerprint density at radius 3 is 3.08 bits per heavy atom. The number of hydrogen-bond acceptors (Lipinski definition) is 3. The van der Waals surface area contributed by atoms with Crippen molar-refractivity contribution in [3.05, 3.63) is 34.9 Å². The van der Waals surface area contributed by atoms with Gasteiger partial charge in [-0.25, -0.2) is 4.79 Å². The second kappa shape index (κ2) is 7.53. The molecule has 0 aromatic heterocycles. The lowest BCUT2D eigenvalue weighted by Gasteiger charge is -2.35. The van der Waals surface area contributed by atoms with Crippen molar-refractivity contribution in [2.45, 2.75) is 51.8 Å². The van der Waals surface area contributed by atoms with Crippen LogP contribution in [0.5, 0.6) is 0 Å². The van der Waals surface area contributed by atoms with Crippen LogP contribution in [-0.2, 0) is 4.74 Å². The highest BCUT2D eigenvalue weighted by Gasteiger charge is 2.32. The van der Waals surface area contributed by atoms with E-state index in [0.717, 1.165) is 13.2 Å². The summed E-state index contributed by atoms with van der Waals surface area (Å²) in [5.41, 5.74) is 3.65. The highest BCUT2D eigenvalue weighted by atomic mass is 16.5. The Hall–Kier alpha value is -1.59. The average Bonchev–Trinajstić information content (AvgIpc) is 3.03. The molecule has 2 saturated heterocycles. The highest BCUT2D eigenvalue weighted by molar-refractivity contribution is 5.74. The molecule has 0 saturated carbocycles. The second-order valence-corrected chi connectivity index (χ2v) is 7.11. The lowest BCUT2D eigenvalue weighted by atomic mass is 9.98. The number of urea groups is 1. The summed E-state index contributed by atoms with van der Waals surface area (Å²) in [6, 6.07) is 6.66. The van der Waals surface area contributed by atoms with Crippen LogP contribution in [0.3, 0.4) is 0 Å². The third-order valence-corrected chi connectivity index (χ3v) is 5.41. The first-order valence-corrected chi connectivity index (χ1v) is 9.00. The molecule has 1 aromatic rings. The summed E-state index contributed by atoms with van der Waals surface area (Å²) in [6.07, 6.45) is 2.61. The molecule has 2 aliphatic rings. The van der Waals surface area contributed by atoms with Crippen molar-refractivity contribution in [1.82, 2.24) is 15.5 Å². The molecule has 3 unspecified atom stereocenters. The number of rotatable bonds is 4. The number of aryl methyl sites for hydroxylation is 1. The van der Waals surface area contributed by atoms with Crippen LogP contribution < -0.4 is 10.6 Å². The predicted octanol–water partition coefficient (Wildman–Crippen LogP) is 2.53. The van der Waals surface area contributed by atoms with E-state index in [1.165, 1.54) is 36.1 Å². The molecule has 3 atom stereocenters. The minimum Gasteiger partial charge on any atom is -0.373 e. The van der Waals surface area contributed by atoms with E-state index in [1.54, 1.807) is 0 Å². The standard InChI is InChI=1S/C19H29N3O2/c1-13-6-4-8-18(14(13)2)15(3)21-19(23)20-10-17-11-22-9-5-7-16(22)12-24-17/h4,6,8,15-17H,5,7,9-12H2,1-3H3,(H2,20,21,23). The van der Waals surface area contributed by atoms with Crippen LogP contribution in [0, 0.1) is 13.8 Å². The van der Waals surface area contributed by atoms with Gasteiger partial charge in [0.1, 0.15) is 0 Å². The van der Waals surface area contributed by atoms with Crippen molar-refractivity contribution >= 4 is 6.03 Å². The first kappa shape index (κ1) is 17.2. The van der Waals surface area contributed by atoms with Crippen LogP contribution in [-0.4, -0.2) is 49.3 Å². The molecule has 2 amide bonds. The summed E-state index contributed by atoms with van der Waals surface area (Å²) in [4.78, 5) is 14.7. The van der Waals surface area contributed by atoms with Crippen LogP contribution >= 0.6 is 0 Å². The van der Waals surface area contributed by atoms with Gasteiger partial charge >= 0.3 is 6.03 Å². The summed E-state index contributed by atoms with van der Waals surface area (Å²) in [6.45, 7) is 9.67. The molecular formula is C19H29N3O2. The molecule has 24 heavy (non-hydrogen) atoms. The fraction of sp³-hybridized carbons (Fsp3) is 0.632. The number of ether oxygens (including phenoxy) is 1. The molecule has 1 aromatic carbocycles. The molecule has 0 spiro atoms. The minimum absolute atomic E-state index is 0.0138. The number of hydrogen-bond donors (Lipinski definition) is 2. The first-order valence-electron chi connectivity index (χ1n) is 9.00. The van der Waals surface area contributed by atoms with Crippen molar-refractivity contribution in [3.8, 4) is 0 Å². The molecule has 0 aliphatic carbocycles. The normalized spacial score (nSPS) is 25.1. The third-order valence-electron chi connectivity index (χ3n) is 5.41. The number of amides is 2. The van der Waals surface area contributed by atoms with Crippen LogP contribution in [0.2, 0.25) is 0 Å². The van der Waals surface area contributed by atoms with E-state index < -0.39 is 0 Å². The Kier molecular flexibility index (Phi) is 5.41. The van der Waals surface area contributed by atoms with Crippen LogP contribution in [0.25, 0.3) is 0 Å². The third kappa shape index (κ3) is 3.90. The fourth-order valence-electron chi connectivity index (χ4n) is 3.78. The number of carbonyl (C=O) groups is 1. The topological polar surface area (TPSA) is 53.6 Å². The van der Waals surface area contributed by atoms with Crippen LogP contribution in [0.4, 0.5) is 4.79 Å². The Morgan fingerprint density at radius 1 is 1.42 bits per heavy atom. The average molecular weight is 331 g/mol. The van der Waals surface area contributed by atoms with Gasteiger partial charge in [0, 0.05) is 19.1 Å². The molecule has 2 fully saturated rings. The molecule has 132 valence electrons. The van der Waals surface area contributed by atoms with Crippen LogP contribution in [0.1, 0.15) is 42.5 Å². The van der Waals surface area contributed by atoms with Gasteiger partial charge in [-0.05, 0) is 56.8 Å². The second-order valence-electron chi connectivity index (χ2n) is 7.11. The molecule has 0 radical (unpaired) electrons. The molecule has 5 nitrogen and oxygen atoms in total. The number of nitrogens with zero attached hydrogens (tertiary/aromatic N) is 1. The van der Waals surface area contributed by atoms with Gasteiger partial charge < -0.3 is 15.4 Å². The van der Waals surface area contributed by atoms with Gasteiger partial charge in [0.25, 0.3) is 0 Å². The number of morpholine rings is 1. The number of fused-ring (bicyclic) bond motifs is 1. The number of benzene rings is 1. The largest absolute Gasteiger partial charge is 0.373 e. The number of carbonyl (C=O) groups excluding carboxylic acids is 1. The van der Waals surface area contributed by atoms with E-state index in [2.05, 4.69) is 41.5 Å². The summed E-state index contributed by atoms with van der Waals surface area (Å²) in [5, 5.41) is 6.00. The predicted molar refractivity (Wildman–Crippen MR) is 95.2 cm³/mol. The van der Waals surface area contributed by atoms with E-state index in [0.29, 0.717) is 12.6 Å². The molecule has 2 aliphatic heterocycles. The van der Waals surface area contributed by atoms with Crippen molar-refractivity contribution < 1.29 is 9.53 Å². The monoisotopic (exact) mass is 331 g/mol. The molecule has 2 heterocycles. The lowest BCUT2D eigenvalue weighted by molar-refractivity contribution is -0.0458. The fourth-order valence-corrected chi connectivity index (χ4v) is 3.78. The zero-order valence-electron chi connectivity index (χ0n) is 15.0. The maximum absolute atomic E-state index is 12.2. The first-order chi connectivity index (χ1) is 11.5. The summed E-state index contributed by atoms with van der Waals surface area (Å²) in [7, 11) is 0. The van der Waals surface area contributed by atoms with Gasteiger partial charge in [-0.3, -0.25) is 4.90 Å². The maximum Gasteiger partial charge on any atom is 0.315 e. The molecular weight excluding hydrogens is 302 g/mol. The van der Waals surface area contributed by atoms with Gasteiger partial charge in [-0.15, -0.1) is 0 Å². The van der Waals surface area contributed by atoms with Gasteiger partial charge in [0.2, 0.25) is 0 Å². The zero-order chi connectivity index (χ0) is 17.1. The Labute approximate surface area is 144 Å². The van der Waals surface area contributed by atoms with Gasteiger partial charge in [-0.2, -0.15) is 0 Å². The van der Waals surface area contributed by atoms with E-state index in [-0.39, 0.29) is 18.2 Å². The van der Waals surface area contributed by atoms with E-state index >= 15 is 0 Å². The molecule has 2 N–H and O–H groups in total. The zero-order valence-corrected chi connectivity index (χ0v) is 15.0. The molecule has 5 heteroatoms. The Bertz CT molecular complexity index is 590. The van der Waals surface area contributed by atoms with E-state index in [9.17, 15) is 4.79 Å². The van der Waals surface area contributed by atoms with E-state index in [1.807, 2.05) is 13.0 Å². The molecule has 0 bridgehead atoms. The smallest absolute Gasteiger partial charge is 0.315 e. The van der Waals surface area contributed by atoms with Crippen molar-refractivity contribution in [3.63, 3.8) is 0 Å². The Morgan fingerprint density at radius 2 is 2.25 bits per heavy atom. The van der Waals surface area contributed by atoms with Crippen molar-refractivity contribution in [2.75, 3.05) is 26.2 Å². The molecule has 3 rings (SSSR count). The van der Waals surface area contributed by atoms with Crippen molar-refractivity contribution in [1.29, 1.82) is 0 Å².